The first kappa shape index (κ1) is 15.8. The number of hydrogen-bond acceptors (Lipinski definition) is 4. The molecule has 1 fully saturated rings. The van der Waals surface area contributed by atoms with Gasteiger partial charge < -0.3 is 14.7 Å². The summed E-state index contributed by atoms with van der Waals surface area (Å²) in [6, 6.07) is 9.47. The summed E-state index contributed by atoms with van der Waals surface area (Å²) in [4.78, 5) is 2.39. The van der Waals surface area contributed by atoms with E-state index in [0.717, 1.165) is 45.3 Å². The molecule has 1 aromatic rings. The van der Waals surface area contributed by atoms with Gasteiger partial charge in [-0.1, -0.05) is 12.1 Å². The highest BCUT2D eigenvalue weighted by Gasteiger charge is 2.24. The van der Waals surface area contributed by atoms with Crippen molar-refractivity contribution in [3.8, 4) is 11.8 Å². The molecule has 1 aliphatic heterocycles. The standard InChI is InChI=1S/C17H24N2O2/c1-17(20)8-4-10-19(12-9-17)11-5-13-21-16-7-3-2-6-15(16)14-18/h2-3,6-7,20H,4-5,8-13H2,1H3. The van der Waals surface area contributed by atoms with Crippen LogP contribution in [0.25, 0.3) is 0 Å². The van der Waals surface area contributed by atoms with E-state index in [2.05, 4.69) is 11.0 Å². The van der Waals surface area contributed by atoms with Crippen LogP contribution in [0, 0.1) is 11.3 Å². The molecule has 1 saturated heterocycles. The van der Waals surface area contributed by atoms with Crippen molar-refractivity contribution in [1.29, 1.82) is 5.26 Å². The molecule has 0 aromatic heterocycles. The average Bonchev–Trinajstić information content (AvgIpc) is 2.65. The molecule has 0 spiro atoms. The van der Waals surface area contributed by atoms with Crippen LogP contribution >= 0.6 is 0 Å². The van der Waals surface area contributed by atoms with Gasteiger partial charge in [-0.05, 0) is 51.3 Å². The molecule has 2 rings (SSSR count). The fraction of sp³-hybridized carbons (Fsp3) is 0.588. The van der Waals surface area contributed by atoms with Crippen LogP contribution < -0.4 is 4.74 Å². The molecule has 1 atom stereocenters. The third-order valence-electron chi connectivity index (χ3n) is 4.04. The topological polar surface area (TPSA) is 56.5 Å². The number of aliphatic hydroxyl groups is 1. The molecule has 1 aliphatic rings. The van der Waals surface area contributed by atoms with Crippen LogP contribution in [0.2, 0.25) is 0 Å². The first-order valence-corrected chi connectivity index (χ1v) is 7.67. The Morgan fingerprint density at radius 2 is 2.14 bits per heavy atom. The molecule has 4 nitrogen and oxygen atoms in total. The largest absolute Gasteiger partial charge is 0.492 e. The van der Waals surface area contributed by atoms with E-state index in [1.807, 2.05) is 25.1 Å². The van der Waals surface area contributed by atoms with Crippen molar-refractivity contribution < 1.29 is 9.84 Å². The zero-order chi connectivity index (χ0) is 15.1. The summed E-state index contributed by atoms with van der Waals surface area (Å²) in [6.45, 7) is 5.52. The first-order chi connectivity index (χ1) is 10.1. The monoisotopic (exact) mass is 288 g/mol. The second-order valence-electron chi connectivity index (χ2n) is 6.00. The van der Waals surface area contributed by atoms with Crippen molar-refractivity contribution >= 4 is 0 Å². The van der Waals surface area contributed by atoms with E-state index in [9.17, 15) is 5.11 Å². The van der Waals surface area contributed by atoms with E-state index in [4.69, 9.17) is 10.00 Å². The molecule has 4 heteroatoms. The number of ether oxygens (including phenoxy) is 1. The zero-order valence-corrected chi connectivity index (χ0v) is 12.7. The minimum absolute atomic E-state index is 0.503. The Bertz CT molecular complexity index is 494. The Hall–Kier alpha value is -1.57. The second kappa shape index (κ2) is 7.44. The lowest BCUT2D eigenvalue weighted by Crippen LogP contribution is -2.29. The average molecular weight is 288 g/mol. The van der Waals surface area contributed by atoms with Crippen molar-refractivity contribution in [3.05, 3.63) is 29.8 Å². The highest BCUT2D eigenvalue weighted by Crippen LogP contribution is 2.21. The van der Waals surface area contributed by atoms with Crippen molar-refractivity contribution in [2.24, 2.45) is 0 Å². The molecule has 0 radical (unpaired) electrons. The van der Waals surface area contributed by atoms with Gasteiger partial charge in [-0.25, -0.2) is 0 Å². The highest BCUT2D eigenvalue weighted by atomic mass is 16.5. The van der Waals surface area contributed by atoms with Gasteiger partial charge in [0.05, 0.1) is 17.8 Å². The molecule has 21 heavy (non-hydrogen) atoms. The molecular weight excluding hydrogens is 264 g/mol. The van der Waals surface area contributed by atoms with E-state index in [1.165, 1.54) is 0 Å². The fourth-order valence-corrected chi connectivity index (χ4v) is 2.70. The third kappa shape index (κ3) is 5.04. The summed E-state index contributed by atoms with van der Waals surface area (Å²) >= 11 is 0. The Morgan fingerprint density at radius 3 is 2.95 bits per heavy atom. The van der Waals surface area contributed by atoms with Crippen LogP contribution in [-0.2, 0) is 0 Å². The molecule has 0 bridgehead atoms. The van der Waals surface area contributed by atoms with Gasteiger partial charge in [0.25, 0.3) is 0 Å². The number of rotatable bonds is 5. The van der Waals surface area contributed by atoms with Crippen LogP contribution in [0.3, 0.4) is 0 Å². The van der Waals surface area contributed by atoms with E-state index in [1.54, 1.807) is 6.07 Å². The summed E-state index contributed by atoms with van der Waals surface area (Å²) in [5, 5.41) is 19.1. The third-order valence-corrected chi connectivity index (χ3v) is 4.04. The smallest absolute Gasteiger partial charge is 0.137 e. The Labute approximate surface area is 127 Å². The maximum absolute atomic E-state index is 10.1. The minimum atomic E-state index is -0.503. The maximum atomic E-state index is 10.1. The van der Waals surface area contributed by atoms with Gasteiger partial charge in [-0.3, -0.25) is 0 Å². The molecule has 114 valence electrons. The lowest BCUT2D eigenvalue weighted by atomic mass is 9.98. The van der Waals surface area contributed by atoms with Gasteiger partial charge in [0.2, 0.25) is 0 Å². The summed E-state index contributed by atoms with van der Waals surface area (Å²) in [7, 11) is 0. The van der Waals surface area contributed by atoms with Crippen LogP contribution in [0.1, 0.15) is 38.2 Å². The number of benzene rings is 1. The first-order valence-electron chi connectivity index (χ1n) is 7.67. The van der Waals surface area contributed by atoms with Gasteiger partial charge in [0.15, 0.2) is 0 Å². The molecule has 1 aromatic carbocycles. The Morgan fingerprint density at radius 1 is 1.33 bits per heavy atom. The van der Waals surface area contributed by atoms with Crippen molar-refractivity contribution in [2.45, 2.75) is 38.2 Å². The van der Waals surface area contributed by atoms with E-state index < -0.39 is 5.60 Å². The molecule has 1 unspecified atom stereocenters. The maximum Gasteiger partial charge on any atom is 0.137 e. The molecule has 0 aliphatic carbocycles. The summed E-state index contributed by atoms with van der Waals surface area (Å²) in [6.07, 6.45) is 3.70. The summed E-state index contributed by atoms with van der Waals surface area (Å²) in [5.41, 5.74) is 0.0834. The quantitative estimate of drug-likeness (QED) is 0.846. The van der Waals surface area contributed by atoms with Gasteiger partial charge >= 0.3 is 0 Å². The normalized spacial score (nSPS) is 23.3. The molecular formula is C17H24N2O2. The van der Waals surface area contributed by atoms with Gasteiger partial charge in [-0.15, -0.1) is 0 Å². The Kier molecular flexibility index (Phi) is 5.60. The van der Waals surface area contributed by atoms with Crippen LogP contribution in [0.4, 0.5) is 0 Å². The number of likely N-dealkylation sites (tertiary alicyclic amines) is 1. The zero-order valence-electron chi connectivity index (χ0n) is 12.7. The molecule has 1 heterocycles. The summed E-state index contributed by atoms with van der Waals surface area (Å²) in [5.74, 6) is 0.666. The van der Waals surface area contributed by atoms with Crippen LogP contribution in [0.15, 0.2) is 24.3 Å². The molecule has 0 amide bonds. The second-order valence-corrected chi connectivity index (χ2v) is 6.00. The van der Waals surface area contributed by atoms with Crippen molar-refractivity contribution in [3.63, 3.8) is 0 Å². The number of hydrogen-bond donors (Lipinski definition) is 1. The Balaban J connectivity index is 1.71. The molecule has 0 saturated carbocycles. The lowest BCUT2D eigenvalue weighted by Gasteiger charge is -2.22. The highest BCUT2D eigenvalue weighted by molar-refractivity contribution is 5.42. The number of nitrogens with zero attached hydrogens (tertiary/aromatic N) is 2. The minimum Gasteiger partial charge on any atom is -0.492 e. The van der Waals surface area contributed by atoms with E-state index >= 15 is 0 Å². The van der Waals surface area contributed by atoms with Crippen molar-refractivity contribution in [1.82, 2.24) is 4.90 Å². The van der Waals surface area contributed by atoms with Crippen molar-refractivity contribution in [2.75, 3.05) is 26.2 Å². The van der Waals surface area contributed by atoms with E-state index in [-0.39, 0.29) is 0 Å². The van der Waals surface area contributed by atoms with Crippen LogP contribution in [-0.4, -0.2) is 41.8 Å². The van der Waals surface area contributed by atoms with Crippen LogP contribution in [0.5, 0.6) is 5.75 Å². The van der Waals surface area contributed by atoms with Gasteiger partial charge in [-0.2, -0.15) is 5.26 Å². The number of para-hydroxylation sites is 1. The van der Waals surface area contributed by atoms with Gasteiger partial charge in [0.1, 0.15) is 11.8 Å². The summed E-state index contributed by atoms with van der Waals surface area (Å²) < 4.78 is 5.69. The number of nitriles is 1. The predicted octanol–water partition coefficient (Wildman–Crippen LogP) is 2.56. The van der Waals surface area contributed by atoms with E-state index in [0.29, 0.717) is 17.9 Å². The molecule has 1 N–H and O–H groups in total. The lowest BCUT2D eigenvalue weighted by molar-refractivity contribution is 0.0445. The SMILES string of the molecule is CC1(O)CCCN(CCCOc2ccccc2C#N)CC1. The van der Waals surface area contributed by atoms with Gasteiger partial charge in [0, 0.05) is 13.1 Å². The predicted molar refractivity (Wildman–Crippen MR) is 82.2 cm³/mol. The fourth-order valence-electron chi connectivity index (χ4n) is 2.70.